The van der Waals surface area contributed by atoms with Crippen molar-refractivity contribution in [3.8, 4) is 57.3 Å². The molecule has 0 saturated heterocycles. The summed E-state index contributed by atoms with van der Waals surface area (Å²) in [6, 6.07) is 28.7. The number of nitrogens with zero attached hydrogens (tertiary/aromatic N) is 13. The summed E-state index contributed by atoms with van der Waals surface area (Å²) in [6.07, 6.45) is -2.91. The number of benzene rings is 3. The number of halogens is 10. The first-order valence-electron chi connectivity index (χ1n) is 36.6. The van der Waals surface area contributed by atoms with Crippen LogP contribution in [0.25, 0.3) is 92.9 Å². The molecule has 12 aromatic rings. The molecule has 0 fully saturated rings. The van der Waals surface area contributed by atoms with E-state index in [2.05, 4.69) is 49.3 Å². The number of aryl methyl sites for hydroxylation is 4. The molecular weight excluding hydrogens is 1790 g/mol. The van der Waals surface area contributed by atoms with E-state index in [0.717, 1.165) is 80.9 Å². The van der Waals surface area contributed by atoms with Gasteiger partial charge in [0.2, 0.25) is 72.4 Å². The summed E-state index contributed by atoms with van der Waals surface area (Å²) in [5.74, 6) is -1.75. The molecule has 9 aromatic heterocycles. The summed E-state index contributed by atoms with van der Waals surface area (Å²) in [5.41, 5.74) is -0.304. The second kappa shape index (κ2) is 33.8. The predicted octanol–water partition coefficient (Wildman–Crippen LogP) is 13.6. The molecule has 128 heavy (non-hydrogen) atoms. The highest BCUT2D eigenvalue weighted by Crippen LogP contribution is 2.46. The van der Waals surface area contributed by atoms with Crippen LogP contribution in [0.1, 0.15) is 115 Å². The number of hydrogen-bond acceptors (Lipinski definition) is 27. The van der Waals surface area contributed by atoms with Crippen LogP contribution in [0.15, 0.2) is 178 Å². The van der Waals surface area contributed by atoms with Crippen LogP contribution in [0.2, 0.25) is 0 Å². The Hall–Kier alpha value is -14.4. The maximum Gasteiger partial charge on any atom is 0.573 e. The third-order valence-electron chi connectivity index (χ3n) is 18.9. The molecule has 664 valence electrons. The molecule has 1 N–H and O–H groups in total. The van der Waals surface area contributed by atoms with Crippen LogP contribution in [0.5, 0.6) is 11.5 Å². The third kappa shape index (κ3) is 19.2. The van der Waals surface area contributed by atoms with E-state index in [0.29, 0.717) is 40.4 Å². The molecule has 4 aliphatic rings. The van der Waals surface area contributed by atoms with E-state index in [9.17, 15) is 102 Å². The fourth-order valence-corrected chi connectivity index (χ4v) is 15.1. The van der Waals surface area contributed by atoms with Gasteiger partial charge in [-0.3, -0.25) is 24.4 Å². The number of furan rings is 4. The van der Waals surface area contributed by atoms with Crippen LogP contribution in [-0.4, -0.2) is 188 Å². The highest BCUT2D eigenvalue weighted by Gasteiger charge is 2.44. The first-order valence-corrected chi connectivity index (χ1v) is 44.2. The Morgan fingerprint density at radius 1 is 0.367 bits per heavy atom. The maximum atomic E-state index is 13.6. The number of alkyl halides is 9. The molecule has 32 nitrogen and oxygen atoms in total. The van der Waals surface area contributed by atoms with Crippen molar-refractivity contribution in [1.82, 2.24) is 59.5 Å². The largest absolute Gasteiger partial charge is 0.573 e. The van der Waals surface area contributed by atoms with Crippen molar-refractivity contribution < 1.29 is 134 Å². The van der Waals surface area contributed by atoms with Gasteiger partial charge in [0.1, 0.15) is 85.9 Å². The van der Waals surface area contributed by atoms with Crippen LogP contribution >= 0.6 is 0 Å². The Morgan fingerprint density at radius 2 is 0.648 bits per heavy atom. The van der Waals surface area contributed by atoms with Crippen LogP contribution in [0.3, 0.4) is 0 Å². The second-order valence-electron chi connectivity index (χ2n) is 28.5. The van der Waals surface area contributed by atoms with Crippen LogP contribution in [-0.2, 0) is 45.5 Å². The van der Waals surface area contributed by atoms with E-state index in [1.807, 2.05) is 0 Å². The molecule has 4 aliphatic heterocycles. The van der Waals surface area contributed by atoms with E-state index < -0.39 is 119 Å². The van der Waals surface area contributed by atoms with Crippen molar-refractivity contribution in [2.75, 3.05) is 53.2 Å². The molecule has 0 unspecified atom stereocenters. The van der Waals surface area contributed by atoms with Gasteiger partial charge >= 0.3 is 18.9 Å². The Labute approximate surface area is 718 Å². The summed E-state index contributed by atoms with van der Waals surface area (Å²) in [4.78, 5) is 89.4. The summed E-state index contributed by atoms with van der Waals surface area (Å²) in [5, 5.41) is 7.26. The van der Waals surface area contributed by atoms with Crippen molar-refractivity contribution in [3.63, 3.8) is 0 Å². The van der Waals surface area contributed by atoms with Gasteiger partial charge in [-0.2, -0.15) is 13.2 Å². The monoisotopic (exact) mass is 1850 g/mol. The topological polar surface area (TPSA) is 416 Å². The van der Waals surface area contributed by atoms with E-state index >= 15 is 0 Å². The average Bonchev–Trinajstić information content (AvgIpc) is 1.60. The third-order valence-corrected chi connectivity index (χ3v) is 22.3. The molecule has 0 spiro atoms. The Kier molecular flexibility index (Phi) is 24.1. The highest BCUT2D eigenvalue weighted by molar-refractivity contribution is 7.91. The van der Waals surface area contributed by atoms with Gasteiger partial charge in [0.05, 0.1) is 50.6 Å². The normalized spacial score (nSPS) is 15.3. The molecule has 0 radical (unpaired) electrons. The minimum Gasteiger partial charge on any atom is -0.460 e. The smallest absolute Gasteiger partial charge is 0.460 e. The van der Waals surface area contributed by atoms with Crippen molar-refractivity contribution in [2.24, 2.45) is 0 Å². The van der Waals surface area contributed by atoms with E-state index in [1.54, 1.807) is 83.3 Å². The Morgan fingerprint density at radius 3 is 0.953 bits per heavy atom. The van der Waals surface area contributed by atoms with Gasteiger partial charge in [-0.05, 0) is 136 Å². The summed E-state index contributed by atoms with van der Waals surface area (Å²) >= 11 is 0. The summed E-state index contributed by atoms with van der Waals surface area (Å²) < 4.78 is 260. The van der Waals surface area contributed by atoms with Crippen molar-refractivity contribution in [2.45, 2.75) is 67.2 Å². The quantitative estimate of drug-likeness (QED) is 0.0457. The van der Waals surface area contributed by atoms with Gasteiger partial charge in [-0.15, -0.1) is 26.3 Å². The zero-order chi connectivity index (χ0) is 93.5. The molecule has 16 rings (SSSR count). The summed E-state index contributed by atoms with van der Waals surface area (Å²) in [6.45, 7) is 6.71. The molecular formula is C82H64F10N13O19S4+. The van der Waals surface area contributed by atoms with Gasteiger partial charge in [-0.25, -0.2) is 77.9 Å². The second-order valence-corrected chi connectivity index (χ2v) is 36.2. The molecule has 46 heteroatoms. The van der Waals surface area contributed by atoms with Gasteiger partial charge in [0, 0.05) is 87.3 Å². The number of sulfone groups is 4. The number of fused-ring (bicyclic) bond motifs is 4. The maximum absolute atomic E-state index is 13.6. The number of pyridine rings is 1. The molecule has 0 saturated carbocycles. The zero-order valence-electron chi connectivity index (χ0n) is 68.1. The number of aromatic nitrogens is 9. The van der Waals surface area contributed by atoms with E-state index in [1.165, 1.54) is 99.1 Å². The standard InChI is InChI=1S/C21H15F4N3O5S.C21H16F3N3O5S.C21H16F3N3O4S.C19H17N4O5S/c1-10-4-7-14(32-10)18-16-17(26-20(27-18)34(3,30)31)13(28(2)19(16)29)8-11-5-6-12(22)9-15(11)33-21(23,24)25;1-11-8-9-15(31-11)18-16-17(25-20(26-18)33(3,29)30)13(27(2)19(16)28)10-12-6-4-5-7-14(12)32-21(22,23)24;1-11-8-9-15(31-11)18-16-17(25-20(26-18)32(3,29)30)14(27(2)19(16)28)10-12-6-4-5-7-13(12)21(22,23)24;1-11-4-5-14(28-11)17-15-16(20-19(21-17)29(3,26)27)13(22(2)18(15)24)10-12-6-8-23(25)9-7-12/h4-9H,1-3H3;4-10H,1-3H3;4-10H,1-3H3;4-10,25H,1-3H3/q;;;+1/b13-8-;13-10-;14-10-;. The summed E-state index contributed by atoms with van der Waals surface area (Å²) in [7, 11) is -9.88. The van der Waals surface area contributed by atoms with Crippen molar-refractivity contribution >= 4 is 110 Å². The lowest BCUT2D eigenvalue weighted by atomic mass is 10.0. The molecule has 3 aromatic carbocycles. The van der Waals surface area contributed by atoms with E-state index in [4.69, 9.17) is 17.7 Å². The Bertz CT molecular complexity index is 7250. The minimum absolute atomic E-state index is 0.00670. The lowest BCUT2D eigenvalue weighted by molar-refractivity contribution is -0.904. The van der Waals surface area contributed by atoms with Crippen LogP contribution in [0, 0.1) is 33.5 Å². The van der Waals surface area contributed by atoms with Crippen LogP contribution < -0.4 is 14.2 Å². The van der Waals surface area contributed by atoms with Crippen molar-refractivity contribution in [1.29, 1.82) is 0 Å². The number of carbonyl (C=O) groups excluding carboxylic acids is 4. The number of amides is 4. The molecule has 0 bridgehead atoms. The minimum atomic E-state index is -5.10. The average molecular weight is 1850 g/mol. The van der Waals surface area contributed by atoms with E-state index in [-0.39, 0.29) is 131 Å². The van der Waals surface area contributed by atoms with Crippen molar-refractivity contribution in [3.05, 3.63) is 241 Å². The number of ether oxygens (including phenoxy) is 2. The lowest BCUT2D eigenvalue weighted by Crippen LogP contribution is -2.27. The fraction of sp³-hybridized carbons (Fsp3) is 0.183. The number of hydrogen-bond donors (Lipinski definition) is 1. The highest BCUT2D eigenvalue weighted by atomic mass is 32.2. The SMILES string of the molecule is Cc1ccc(-c2nc(S(C)(=O)=O)nc3c2C(=O)N(C)/C3=C\c2cc[n+](O)cc2)o1.Cc1ccc(-c2nc(S(C)(=O)=O)nc3c2C(=O)N(C)/C3=C\c2ccc(F)cc2OC(F)(F)F)o1.Cc1ccc(-c2nc(S(C)(=O)=O)nc3c2C(=O)N(C)/C3=C\c2ccccc2C(F)(F)F)o1.Cc1ccc(-c2nc(S(C)(=O)=O)nc3c2C(=O)N(C)/C3=C\c2ccccc2OC(F)(F)F)o1. The van der Waals surface area contributed by atoms with Gasteiger partial charge in [0.25, 0.3) is 23.6 Å². The molecule has 0 aliphatic carbocycles. The molecule has 4 amide bonds. The van der Waals surface area contributed by atoms with Gasteiger partial charge < -0.3 is 46.7 Å². The Balaban J connectivity index is 0.000000146. The lowest BCUT2D eigenvalue weighted by Gasteiger charge is -2.14. The zero-order valence-corrected chi connectivity index (χ0v) is 71.4. The molecule has 13 heterocycles. The number of carbonyl (C=O) groups is 4. The first kappa shape index (κ1) is 91.3. The predicted molar refractivity (Wildman–Crippen MR) is 432 cm³/mol. The molecule has 0 atom stereocenters. The van der Waals surface area contributed by atoms with Crippen LogP contribution in [0.4, 0.5) is 43.9 Å². The van der Waals surface area contributed by atoms with Gasteiger partial charge in [-0.1, -0.05) is 36.4 Å². The fourth-order valence-electron chi connectivity index (χ4n) is 13.0. The first-order chi connectivity index (χ1) is 59.6. The van der Waals surface area contributed by atoms with Gasteiger partial charge in [0.15, 0.2) is 23.0 Å². The number of para-hydroxylation sites is 1. The number of rotatable bonds is 14.